The molecule has 0 radical (unpaired) electrons. The van der Waals surface area contributed by atoms with Crippen molar-refractivity contribution in [1.29, 1.82) is 0 Å². The molecule has 6 nitrogen and oxygen atoms in total. The number of fused-ring (bicyclic) bond motifs is 1. The van der Waals surface area contributed by atoms with Crippen molar-refractivity contribution in [3.8, 4) is 0 Å². The second-order valence-electron chi connectivity index (χ2n) is 6.90. The molecule has 2 aromatic heterocycles. The lowest BCUT2D eigenvalue weighted by atomic mass is 10.2. The van der Waals surface area contributed by atoms with Crippen molar-refractivity contribution >= 4 is 44.4 Å². The topological polar surface area (TPSA) is 68.5 Å². The molecule has 1 aromatic carbocycles. The first-order chi connectivity index (χ1) is 13.6. The van der Waals surface area contributed by atoms with Gasteiger partial charge in [-0.25, -0.2) is 4.98 Å². The highest BCUT2D eigenvalue weighted by molar-refractivity contribution is 7.99. The van der Waals surface area contributed by atoms with Gasteiger partial charge >= 0.3 is 0 Å². The van der Waals surface area contributed by atoms with Crippen LogP contribution in [0.2, 0.25) is 0 Å². The Bertz CT molecular complexity index is 910. The van der Waals surface area contributed by atoms with Crippen molar-refractivity contribution in [1.82, 2.24) is 10.1 Å². The molecule has 0 aliphatic carbocycles. The quantitative estimate of drug-likeness (QED) is 0.569. The monoisotopic (exact) mass is 417 g/mol. The number of aryl methyl sites for hydroxylation is 2. The second kappa shape index (κ2) is 8.63. The molecule has 1 saturated heterocycles. The fraction of sp³-hybridized carbons (Fsp3) is 0.450. The summed E-state index contributed by atoms with van der Waals surface area (Å²) in [5.74, 6) is 1.97. The Morgan fingerprint density at radius 3 is 2.93 bits per heavy atom. The summed E-state index contributed by atoms with van der Waals surface area (Å²) >= 11 is 3.14. The van der Waals surface area contributed by atoms with Gasteiger partial charge < -0.3 is 9.26 Å². The standard InChI is InChI=1S/C20H23N3O3S2/c1-13-16(14(2)26-22-13)11-27-12-19(24)23(10-15-6-5-9-25-15)20-21-17-7-3-4-8-18(17)28-20/h3-4,7-8,15H,5-6,9-12H2,1-2H3. The minimum atomic E-state index is 0.0614. The predicted octanol–water partition coefficient (Wildman–Crippen LogP) is 4.35. The van der Waals surface area contributed by atoms with Crippen molar-refractivity contribution < 1.29 is 14.1 Å². The Morgan fingerprint density at radius 1 is 1.36 bits per heavy atom. The van der Waals surface area contributed by atoms with Gasteiger partial charge in [-0.05, 0) is 38.8 Å². The molecule has 148 valence electrons. The SMILES string of the molecule is Cc1noc(C)c1CSCC(=O)N(CC1CCCO1)c1nc2ccccc2s1. The molecule has 1 aliphatic rings. The average Bonchev–Trinajstić information content (AvgIpc) is 3.42. The molecule has 1 fully saturated rings. The van der Waals surface area contributed by atoms with Gasteiger partial charge in [0.15, 0.2) is 5.13 Å². The average molecular weight is 418 g/mol. The molecule has 8 heteroatoms. The predicted molar refractivity (Wildman–Crippen MR) is 113 cm³/mol. The highest BCUT2D eigenvalue weighted by Crippen LogP contribution is 2.30. The molecule has 1 unspecified atom stereocenters. The molecule has 0 saturated carbocycles. The van der Waals surface area contributed by atoms with Crippen LogP contribution in [0.4, 0.5) is 5.13 Å². The van der Waals surface area contributed by atoms with E-state index in [0.29, 0.717) is 18.1 Å². The van der Waals surface area contributed by atoms with Crippen molar-refractivity contribution in [3.63, 3.8) is 0 Å². The number of aromatic nitrogens is 2. The molecule has 0 spiro atoms. The van der Waals surface area contributed by atoms with E-state index in [-0.39, 0.29) is 12.0 Å². The summed E-state index contributed by atoms with van der Waals surface area (Å²) in [6.07, 6.45) is 2.12. The van der Waals surface area contributed by atoms with Gasteiger partial charge in [0, 0.05) is 17.9 Å². The molecule has 4 rings (SSSR count). The van der Waals surface area contributed by atoms with Gasteiger partial charge in [0.05, 0.1) is 34.3 Å². The number of nitrogens with zero attached hydrogens (tertiary/aromatic N) is 3. The number of benzene rings is 1. The van der Waals surface area contributed by atoms with Gasteiger partial charge in [-0.1, -0.05) is 28.6 Å². The molecule has 3 heterocycles. The second-order valence-corrected chi connectivity index (χ2v) is 8.89. The zero-order chi connectivity index (χ0) is 19.5. The number of carbonyl (C=O) groups is 1. The summed E-state index contributed by atoms with van der Waals surface area (Å²) in [5.41, 5.74) is 2.89. The molecule has 1 atom stereocenters. The Morgan fingerprint density at radius 2 is 2.21 bits per heavy atom. The first-order valence-corrected chi connectivity index (χ1v) is 11.4. The van der Waals surface area contributed by atoms with Crippen LogP contribution in [0.15, 0.2) is 28.8 Å². The lowest BCUT2D eigenvalue weighted by Gasteiger charge is -2.23. The largest absolute Gasteiger partial charge is 0.376 e. The van der Waals surface area contributed by atoms with Crippen molar-refractivity contribution in [3.05, 3.63) is 41.3 Å². The number of thiazole rings is 1. The third-order valence-electron chi connectivity index (χ3n) is 4.88. The summed E-state index contributed by atoms with van der Waals surface area (Å²) < 4.78 is 12.1. The van der Waals surface area contributed by atoms with E-state index in [2.05, 4.69) is 5.16 Å². The number of thioether (sulfide) groups is 1. The van der Waals surface area contributed by atoms with Gasteiger partial charge in [0.2, 0.25) is 5.91 Å². The fourth-order valence-electron chi connectivity index (χ4n) is 3.28. The molecule has 0 N–H and O–H groups in total. The third kappa shape index (κ3) is 4.24. The molecule has 28 heavy (non-hydrogen) atoms. The zero-order valence-electron chi connectivity index (χ0n) is 16.0. The van der Waals surface area contributed by atoms with Crippen LogP contribution in [-0.2, 0) is 15.3 Å². The highest BCUT2D eigenvalue weighted by Gasteiger charge is 2.26. The number of hydrogen-bond donors (Lipinski definition) is 0. The van der Waals surface area contributed by atoms with Gasteiger partial charge in [-0.3, -0.25) is 9.69 Å². The van der Waals surface area contributed by atoms with Gasteiger partial charge in [-0.15, -0.1) is 11.8 Å². The van der Waals surface area contributed by atoms with Crippen LogP contribution in [0.1, 0.15) is 29.9 Å². The van der Waals surface area contributed by atoms with Crippen molar-refractivity contribution in [2.45, 2.75) is 38.5 Å². The van der Waals surface area contributed by atoms with E-state index in [1.54, 1.807) is 28.0 Å². The van der Waals surface area contributed by atoms with E-state index in [0.717, 1.165) is 51.8 Å². The summed E-state index contributed by atoms with van der Waals surface area (Å²) in [5, 5.41) is 4.73. The van der Waals surface area contributed by atoms with E-state index in [4.69, 9.17) is 14.2 Å². The Hall–Kier alpha value is -1.90. The highest BCUT2D eigenvalue weighted by atomic mass is 32.2. The summed E-state index contributed by atoms with van der Waals surface area (Å²) in [6, 6.07) is 7.99. The van der Waals surface area contributed by atoms with Crippen molar-refractivity contribution in [2.24, 2.45) is 0 Å². The Balaban J connectivity index is 1.48. The summed E-state index contributed by atoms with van der Waals surface area (Å²) in [6.45, 7) is 5.17. The van der Waals surface area contributed by atoms with Crippen LogP contribution in [0, 0.1) is 13.8 Å². The first-order valence-electron chi connectivity index (χ1n) is 9.39. The van der Waals surface area contributed by atoms with Crippen LogP contribution in [-0.4, -0.2) is 41.1 Å². The van der Waals surface area contributed by atoms with Crippen LogP contribution < -0.4 is 4.90 Å². The molecular formula is C20H23N3O3S2. The molecule has 1 amide bonds. The fourth-order valence-corrected chi connectivity index (χ4v) is 5.32. The Kier molecular flexibility index (Phi) is 5.99. The number of ether oxygens (including phenoxy) is 1. The minimum absolute atomic E-state index is 0.0614. The number of anilines is 1. The minimum Gasteiger partial charge on any atom is -0.376 e. The van der Waals surface area contributed by atoms with E-state index in [9.17, 15) is 4.79 Å². The number of rotatable bonds is 7. The van der Waals surface area contributed by atoms with Crippen LogP contribution in [0.25, 0.3) is 10.2 Å². The molecular weight excluding hydrogens is 394 g/mol. The lowest BCUT2D eigenvalue weighted by Crippen LogP contribution is -2.38. The maximum Gasteiger partial charge on any atom is 0.238 e. The maximum atomic E-state index is 13.1. The van der Waals surface area contributed by atoms with Crippen LogP contribution in [0.5, 0.6) is 0 Å². The van der Waals surface area contributed by atoms with Gasteiger partial charge in [-0.2, -0.15) is 0 Å². The van der Waals surface area contributed by atoms with Crippen LogP contribution >= 0.6 is 23.1 Å². The smallest absolute Gasteiger partial charge is 0.238 e. The third-order valence-corrected chi connectivity index (χ3v) is 6.88. The van der Waals surface area contributed by atoms with Gasteiger partial charge in [0.25, 0.3) is 0 Å². The summed E-state index contributed by atoms with van der Waals surface area (Å²) in [7, 11) is 0. The number of para-hydroxylation sites is 1. The Labute approximate surface area is 172 Å². The van der Waals surface area contributed by atoms with E-state index in [1.807, 2.05) is 38.1 Å². The zero-order valence-corrected chi connectivity index (χ0v) is 17.6. The van der Waals surface area contributed by atoms with E-state index in [1.165, 1.54) is 0 Å². The van der Waals surface area contributed by atoms with E-state index >= 15 is 0 Å². The summed E-state index contributed by atoms with van der Waals surface area (Å²) in [4.78, 5) is 19.6. The first kappa shape index (κ1) is 19.4. The van der Waals surface area contributed by atoms with Crippen molar-refractivity contribution in [2.75, 3.05) is 23.8 Å². The molecule has 3 aromatic rings. The normalized spacial score (nSPS) is 16.7. The number of hydrogen-bond acceptors (Lipinski definition) is 7. The van der Waals surface area contributed by atoms with Crippen LogP contribution in [0.3, 0.4) is 0 Å². The molecule has 1 aliphatic heterocycles. The number of carbonyl (C=O) groups excluding carboxylic acids is 1. The van der Waals surface area contributed by atoms with Gasteiger partial charge in [0.1, 0.15) is 5.76 Å². The lowest BCUT2D eigenvalue weighted by molar-refractivity contribution is -0.116. The maximum absolute atomic E-state index is 13.1. The van der Waals surface area contributed by atoms with E-state index < -0.39 is 0 Å². The molecule has 0 bridgehead atoms. The number of amides is 1.